The SMILES string of the molecule is C=CCS(=O)(=O)Nc1cccc(Cl)n1. The summed E-state index contributed by atoms with van der Waals surface area (Å²) in [7, 11) is -3.39. The first kappa shape index (κ1) is 11.0. The summed E-state index contributed by atoms with van der Waals surface area (Å²) in [6.45, 7) is 3.34. The summed E-state index contributed by atoms with van der Waals surface area (Å²) in [5.41, 5.74) is 0. The zero-order valence-corrected chi connectivity index (χ0v) is 8.85. The van der Waals surface area contributed by atoms with Crippen LogP contribution in [0.25, 0.3) is 0 Å². The number of hydrogen-bond acceptors (Lipinski definition) is 3. The molecule has 6 heteroatoms. The third-order valence-corrected chi connectivity index (χ3v) is 2.72. The largest absolute Gasteiger partial charge is 0.267 e. The molecule has 0 bridgehead atoms. The zero-order valence-electron chi connectivity index (χ0n) is 7.27. The van der Waals surface area contributed by atoms with Crippen LogP contribution in [0, 0.1) is 0 Å². The molecule has 14 heavy (non-hydrogen) atoms. The van der Waals surface area contributed by atoms with E-state index in [-0.39, 0.29) is 16.7 Å². The Hall–Kier alpha value is -1.07. The average molecular weight is 233 g/mol. The summed E-state index contributed by atoms with van der Waals surface area (Å²) in [4.78, 5) is 3.78. The number of hydrogen-bond donors (Lipinski definition) is 1. The molecule has 0 radical (unpaired) electrons. The molecule has 76 valence electrons. The van der Waals surface area contributed by atoms with E-state index in [1.165, 1.54) is 12.1 Å². The number of sulfonamides is 1. The molecule has 0 aromatic carbocycles. The van der Waals surface area contributed by atoms with Crippen LogP contribution in [-0.4, -0.2) is 19.2 Å². The van der Waals surface area contributed by atoms with Crippen LogP contribution in [-0.2, 0) is 10.0 Å². The van der Waals surface area contributed by atoms with E-state index in [1.54, 1.807) is 12.1 Å². The van der Waals surface area contributed by atoms with Crippen molar-refractivity contribution in [1.82, 2.24) is 4.98 Å². The summed E-state index contributed by atoms with van der Waals surface area (Å²) in [6.07, 6.45) is 1.30. The number of nitrogens with one attached hydrogen (secondary N) is 1. The van der Waals surface area contributed by atoms with Crippen molar-refractivity contribution in [2.24, 2.45) is 0 Å². The number of anilines is 1. The molecule has 0 aliphatic carbocycles. The summed E-state index contributed by atoms with van der Waals surface area (Å²) >= 11 is 5.58. The fourth-order valence-corrected chi connectivity index (χ4v) is 1.81. The lowest BCUT2D eigenvalue weighted by molar-refractivity contribution is 0.604. The van der Waals surface area contributed by atoms with Crippen LogP contribution in [0.2, 0.25) is 5.15 Å². The highest BCUT2D eigenvalue weighted by atomic mass is 35.5. The number of nitrogens with zero attached hydrogens (tertiary/aromatic N) is 1. The average Bonchev–Trinajstić information content (AvgIpc) is 2.02. The first-order chi connectivity index (χ1) is 6.53. The molecule has 0 atom stereocenters. The molecule has 0 saturated carbocycles. The van der Waals surface area contributed by atoms with Gasteiger partial charge in [-0.05, 0) is 12.1 Å². The molecule has 1 aromatic rings. The van der Waals surface area contributed by atoms with Crippen molar-refractivity contribution < 1.29 is 8.42 Å². The van der Waals surface area contributed by atoms with Crippen molar-refractivity contribution in [3.05, 3.63) is 36.0 Å². The minimum atomic E-state index is -3.39. The molecule has 0 unspecified atom stereocenters. The van der Waals surface area contributed by atoms with E-state index in [1.807, 2.05) is 0 Å². The van der Waals surface area contributed by atoms with Crippen molar-refractivity contribution in [2.75, 3.05) is 10.5 Å². The monoisotopic (exact) mass is 232 g/mol. The van der Waals surface area contributed by atoms with Gasteiger partial charge in [0.1, 0.15) is 11.0 Å². The zero-order chi connectivity index (χ0) is 10.6. The Morgan fingerprint density at radius 3 is 2.86 bits per heavy atom. The smallest absolute Gasteiger partial charge is 0.237 e. The molecule has 4 nitrogen and oxygen atoms in total. The van der Waals surface area contributed by atoms with Crippen LogP contribution < -0.4 is 4.72 Å². The molecule has 1 aromatic heterocycles. The second-order valence-corrected chi connectivity index (χ2v) is 4.67. The summed E-state index contributed by atoms with van der Waals surface area (Å²) < 4.78 is 24.8. The first-order valence-corrected chi connectivity index (χ1v) is 5.80. The molecule has 0 amide bonds. The maximum Gasteiger partial charge on any atom is 0.237 e. The highest BCUT2D eigenvalue weighted by Gasteiger charge is 2.08. The van der Waals surface area contributed by atoms with Gasteiger partial charge in [0.2, 0.25) is 10.0 Å². The maximum atomic E-state index is 11.2. The molecule has 0 saturated heterocycles. The van der Waals surface area contributed by atoms with E-state index in [0.29, 0.717) is 0 Å². The molecular weight excluding hydrogens is 224 g/mol. The van der Waals surface area contributed by atoms with Gasteiger partial charge in [0.25, 0.3) is 0 Å². The Kier molecular flexibility index (Phi) is 3.49. The van der Waals surface area contributed by atoms with Gasteiger partial charge in [-0.1, -0.05) is 23.7 Å². The van der Waals surface area contributed by atoms with Gasteiger partial charge in [0.15, 0.2) is 0 Å². The van der Waals surface area contributed by atoms with Crippen molar-refractivity contribution in [1.29, 1.82) is 0 Å². The number of pyridine rings is 1. The van der Waals surface area contributed by atoms with E-state index in [4.69, 9.17) is 11.6 Å². The van der Waals surface area contributed by atoms with E-state index in [2.05, 4.69) is 16.3 Å². The van der Waals surface area contributed by atoms with Crippen molar-refractivity contribution in [3.63, 3.8) is 0 Å². The fourth-order valence-electron chi connectivity index (χ4n) is 0.821. The lowest BCUT2D eigenvalue weighted by Crippen LogP contribution is -2.15. The predicted octanol–water partition coefficient (Wildman–Crippen LogP) is 1.66. The van der Waals surface area contributed by atoms with E-state index in [9.17, 15) is 8.42 Å². The third kappa shape index (κ3) is 3.35. The Labute approximate surface area is 87.7 Å². The Morgan fingerprint density at radius 2 is 2.29 bits per heavy atom. The lowest BCUT2D eigenvalue weighted by atomic mass is 10.5. The van der Waals surface area contributed by atoms with Gasteiger partial charge >= 0.3 is 0 Å². The standard InChI is InChI=1S/C8H9ClN2O2S/c1-2-6-14(12,13)11-8-5-3-4-7(9)10-8/h2-5H,1,6H2,(H,10,11). The minimum Gasteiger partial charge on any atom is -0.267 e. The van der Waals surface area contributed by atoms with Gasteiger partial charge < -0.3 is 0 Å². The topological polar surface area (TPSA) is 59.1 Å². The molecule has 1 heterocycles. The Balaban J connectivity index is 2.84. The minimum absolute atomic E-state index is 0.152. The quantitative estimate of drug-likeness (QED) is 0.635. The second kappa shape index (κ2) is 4.43. The van der Waals surface area contributed by atoms with E-state index < -0.39 is 10.0 Å². The molecule has 1 rings (SSSR count). The van der Waals surface area contributed by atoms with E-state index in [0.717, 1.165) is 0 Å². The van der Waals surface area contributed by atoms with Gasteiger partial charge in [0, 0.05) is 0 Å². The van der Waals surface area contributed by atoms with Gasteiger partial charge in [-0.15, -0.1) is 6.58 Å². The second-order valence-electron chi connectivity index (χ2n) is 2.52. The number of halogens is 1. The Morgan fingerprint density at radius 1 is 1.57 bits per heavy atom. The van der Waals surface area contributed by atoms with Crippen molar-refractivity contribution >= 4 is 27.4 Å². The van der Waals surface area contributed by atoms with E-state index >= 15 is 0 Å². The van der Waals surface area contributed by atoms with Crippen molar-refractivity contribution in [3.8, 4) is 0 Å². The first-order valence-electron chi connectivity index (χ1n) is 3.77. The maximum absolute atomic E-state index is 11.2. The highest BCUT2D eigenvalue weighted by molar-refractivity contribution is 7.92. The molecule has 0 aliphatic rings. The lowest BCUT2D eigenvalue weighted by Gasteiger charge is -2.04. The number of aromatic nitrogens is 1. The molecule has 0 spiro atoms. The molecular formula is C8H9ClN2O2S. The van der Waals surface area contributed by atoms with Crippen LogP contribution >= 0.6 is 11.6 Å². The molecule has 0 fully saturated rings. The Bertz CT molecular complexity index is 431. The fraction of sp³-hybridized carbons (Fsp3) is 0.125. The normalized spacial score (nSPS) is 10.9. The van der Waals surface area contributed by atoms with Crippen LogP contribution in [0.3, 0.4) is 0 Å². The highest BCUT2D eigenvalue weighted by Crippen LogP contribution is 2.10. The van der Waals surface area contributed by atoms with Crippen LogP contribution in [0.1, 0.15) is 0 Å². The van der Waals surface area contributed by atoms with Gasteiger partial charge in [-0.2, -0.15) is 0 Å². The molecule has 1 N–H and O–H groups in total. The summed E-state index contributed by atoms with van der Waals surface area (Å²) in [5.74, 6) is 0.0561. The predicted molar refractivity (Wildman–Crippen MR) is 56.9 cm³/mol. The van der Waals surface area contributed by atoms with Gasteiger partial charge in [-0.25, -0.2) is 13.4 Å². The number of rotatable bonds is 4. The van der Waals surface area contributed by atoms with Crippen LogP contribution in [0.5, 0.6) is 0 Å². The van der Waals surface area contributed by atoms with Gasteiger partial charge in [-0.3, -0.25) is 4.72 Å². The molecule has 0 aliphatic heterocycles. The summed E-state index contributed by atoms with van der Waals surface area (Å²) in [6, 6.07) is 4.69. The van der Waals surface area contributed by atoms with Crippen molar-refractivity contribution in [2.45, 2.75) is 0 Å². The van der Waals surface area contributed by atoms with Crippen LogP contribution in [0.4, 0.5) is 5.82 Å². The third-order valence-electron chi connectivity index (χ3n) is 1.31. The van der Waals surface area contributed by atoms with Gasteiger partial charge in [0.05, 0.1) is 5.75 Å². The van der Waals surface area contributed by atoms with Crippen LogP contribution in [0.15, 0.2) is 30.9 Å². The summed E-state index contributed by atoms with van der Waals surface area (Å²) in [5, 5.41) is 0.240.